The minimum atomic E-state index is -0.146. The van der Waals surface area contributed by atoms with Gasteiger partial charge < -0.3 is 20.7 Å². The van der Waals surface area contributed by atoms with E-state index >= 15 is 0 Å². The largest absolute Gasteiger partial charge is 0.397 e. The molecule has 0 aliphatic heterocycles. The summed E-state index contributed by atoms with van der Waals surface area (Å²) in [7, 11) is 0. The zero-order chi connectivity index (χ0) is 14.6. The molecule has 0 aliphatic rings. The van der Waals surface area contributed by atoms with Gasteiger partial charge in [-0.05, 0) is 24.8 Å². The Hall–Kier alpha value is -1.49. The number of nitrogens with one attached hydrogen (secondary N) is 1. The number of hydrogen-bond acceptors (Lipinski definition) is 3. The summed E-state index contributed by atoms with van der Waals surface area (Å²) in [5.74, 6) is -0.146. The van der Waals surface area contributed by atoms with Crippen molar-refractivity contribution in [2.45, 2.75) is 46.7 Å². The highest BCUT2D eigenvalue weighted by molar-refractivity contribution is 5.94. The van der Waals surface area contributed by atoms with Gasteiger partial charge >= 0.3 is 0 Å². The second-order valence-electron chi connectivity index (χ2n) is 5.85. The third-order valence-electron chi connectivity index (χ3n) is 3.26. The smallest absolute Gasteiger partial charge is 0.268 e. The number of carbonyl (C=O) groups excluding carboxylic acids is 1. The first kappa shape index (κ1) is 15.6. The molecule has 1 unspecified atom stereocenters. The Morgan fingerprint density at radius 2 is 2.16 bits per heavy atom. The van der Waals surface area contributed by atoms with Crippen LogP contribution in [0.5, 0.6) is 0 Å². The van der Waals surface area contributed by atoms with Gasteiger partial charge in [0.2, 0.25) is 0 Å². The van der Waals surface area contributed by atoms with Crippen LogP contribution in [0.2, 0.25) is 0 Å². The van der Waals surface area contributed by atoms with E-state index in [4.69, 9.17) is 10.8 Å². The predicted molar refractivity (Wildman–Crippen MR) is 76.9 cm³/mol. The van der Waals surface area contributed by atoms with E-state index in [0.29, 0.717) is 24.3 Å². The van der Waals surface area contributed by atoms with Gasteiger partial charge in [-0.25, -0.2) is 0 Å². The van der Waals surface area contributed by atoms with Gasteiger partial charge in [-0.3, -0.25) is 4.79 Å². The highest BCUT2D eigenvalue weighted by atomic mass is 16.3. The van der Waals surface area contributed by atoms with E-state index in [0.717, 1.165) is 0 Å². The van der Waals surface area contributed by atoms with Crippen molar-refractivity contribution >= 4 is 11.6 Å². The van der Waals surface area contributed by atoms with E-state index in [9.17, 15) is 4.79 Å². The lowest BCUT2D eigenvalue weighted by molar-refractivity contribution is 0.0876. The number of aliphatic hydroxyl groups is 1. The number of rotatable bonds is 5. The first-order chi connectivity index (χ1) is 8.79. The molecular weight excluding hydrogens is 242 g/mol. The Kier molecular flexibility index (Phi) is 5.00. The number of carbonyl (C=O) groups is 1. The summed E-state index contributed by atoms with van der Waals surface area (Å²) in [4.78, 5) is 12.3. The summed E-state index contributed by atoms with van der Waals surface area (Å²) in [5, 5.41) is 12.1. The topological polar surface area (TPSA) is 80.3 Å². The van der Waals surface area contributed by atoms with Gasteiger partial charge in [0.25, 0.3) is 5.91 Å². The Morgan fingerprint density at radius 3 is 2.63 bits per heavy atom. The number of nitrogen functional groups attached to an aromatic ring is 1. The number of aromatic nitrogens is 1. The molecule has 0 fully saturated rings. The number of nitrogens with two attached hydrogens (primary N) is 1. The van der Waals surface area contributed by atoms with E-state index in [1.54, 1.807) is 12.3 Å². The lowest BCUT2D eigenvalue weighted by atomic mass is 9.85. The molecule has 1 heterocycles. The van der Waals surface area contributed by atoms with Crippen molar-refractivity contribution in [2.24, 2.45) is 5.41 Å². The standard InChI is InChI=1S/C14H25N3O2/c1-5-17-9-10(15)8-11(17)13(19)16-12(6-7-18)14(2,3)4/h8-9,12,18H,5-7,15H2,1-4H3,(H,16,19). The van der Waals surface area contributed by atoms with Crippen molar-refractivity contribution in [1.82, 2.24) is 9.88 Å². The summed E-state index contributed by atoms with van der Waals surface area (Å²) in [5.41, 5.74) is 6.77. The maximum atomic E-state index is 12.3. The first-order valence-corrected chi connectivity index (χ1v) is 6.67. The van der Waals surface area contributed by atoms with E-state index in [2.05, 4.69) is 5.32 Å². The van der Waals surface area contributed by atoms with Crippen molar-refractivity contribution in [3.05, 3.63) is 18.0 Å². The fourth-order valence-electron chi connectivity index (χ4n) is 2.07. The number of anilines is 1. The van der Waals surface area contributed by atoms with Gasteiger partial charge in [-0.2, -0.15) is 0 Å². The second-order valence-corrected chi connectivity index (χ2v) is 5.85. The molecule has 0 aromatic carbocycles. The third-order valence-corrected chi connectivity index (χ3v) is 3.26. The Bertz CT molecular complexity index is 432. The highest BCUT2D eigenvalue weighted by Crippen LogP contribution is 2.22. The van der Waals surface area contributed by atoms with Crippen LogP contribution < -0.4 is 11.1 Å². The highest BCUT2D eigenvalue weighted by Gasteiger charge is 2.26. The first-order valence-electron chi connectivity index (χ1n) is 6.67. The zero-order valence-electron chi connectivity index (χ0n) is 12.2. The van der Waals surface area contributed by atoms with Crippen molar-refractivity contribution in [1.29, 1.82) is 0 Å². The molecule has 5 nitrogen and oxygen atoms in total. The van der Waals surface area contributed by atoms with E-state index in [1.165, 1.54) is 0 Å². The molecule has 0 saturated carbocycles. The van der Waals surface area contributed by atoms with Crippen molar-refractivity contribution < 1.29 is 9.90 Å². The average Bonchev–Trinajstić information content (AvgIpc) is 2.68. The molecule has 0 saturated heterocycles. The van der Waals surface area contributed by atoms with E-state index < -0.39 is 0 Å². The Morgan fingerprint density at radius 1 is 1.53 bits per heavy atom. The zero-order valence-corrected chi connectivity index (χ0v) is 12.2. The van der Waals surface area contributed by atoms with Crippen LogP contribution in [-0.4, -0.2) is 28.2 Å². The van der Waals surface area contributed by atoms with Gasteiger partial charge in [0, 0.05) is 25.4 Å². The van der Waals surface area contributed by atoms with Crippen LogP contribution in [0.15, 0.2) is 12.3 Å². The molecule has 1 aromatic heterocycles. The van der Waals surface area contributed by atoms with Gasteiger partial charge in [0.05, 0.1) is 5.69 Å². The van der Waals surface area contributed by atoms with E-state index in [1.807, 2.05) is 32.3 Å². The molecule has 4 N–H and O–H groups in total. The molecule has 1 rings (SSSR count). The van der Waals surface area contributed by atoms with Crippen molar-refractivity contribution in [3.8, 4) is 0 Å². The van der Waals surface area contributed by atoms with Crippen molar-refractivity contribution in [2.75, 3.05) is 12.3 Å². The fraction of sp³-hybridized carbons (Fsp3) is 0.643. The molecule has 5 heteroatoms. The van der Waals surface area contributed by atoms with Gasteiger partial charge in [-0.15, -0.1) is 0 Å². The van der Waals surface area contributed by atoms with Gasteiger partial charge in [0.1, 0.15) is 5.69 Å². The van der Waals surface area contributed by atoms with Crippen LogP contribution in [0.25, 0.3) is 0 Å². The van der Waals surface area contributed by atoms with Crippen LogP contribution in [0, 0.1) is 5.41 Å². The predicted octanol–water partition coefficient (Wildman–Crippen LogP) is 1.62. The van der Waals surface area contributed by atoms with Crippen LogP contribution >= 0.6 is 0 Å². The lowest BCUT2D eigenvalue weighted by Crippen LogP contribution is -2.44. The van der Waals surface area contributed by atoms with Crippen LogP contribution in [-0.2, 0) is 6.54 Å². The minimum Gasteiger partial charge on any atom is -0.397 e. The molecule has 19 heavy (non-hydrogen) atoms. The second kappa shape index (κ2) is 6.10. The summed E-state index contributed by atoms with van der Waals surface area (Å²) < 4.78 is 1.82. The lowest BCUT2D eigenvalue weighted by Gasteiger charge is -2.31. The fourth-order valence-corrected chi connectivity index (χ4v) is 2.07. The summed E-state index contributed by atoms with van der Waals surface area (Å²) in [6.45, 7) is 8.84. The SMILES string of the molecule is CCn1cc(N)cc1C(=O)NC(CCO)C(C)(C)C. The molecule has 0 spiro atoms. The maximum Gasteiger partial charge on any atom is 0.268 e. The summed E-state index contributed by atoms with van der Waals surface area (Å²) in [6, 6.07) is 1.60. The Labute approximate surface area is 114 Å². The summed E-state index contributed by atoms with van der Waals surface area (Å²) >= 11 is 0. The molecule has 1 aromatic rings. The van der Waals surface area contributed by atoms with Gasteiger partial charge in [-0.1, -0.05) is 20.8 Å². The maximum absolute atomic E-state index is 12.3. The molecule has 0 aliphatic carbocycles. The molecule has 1 amide bonds. The minimum absolute atomic E-state index is 0.0547. The quantitative estimate of drug-likeness (QED) is 0.758. The Balaban J connectivity index is 2.87. The molecule has 0 bridgehead atoms. The summed E-state index contributed by atoms with van der Waals surface area (Å²) in [6.07, 6.45) is 2.30. The number of aryl methyl sites for hydroxylation is 1. The normalized spacial score (nSPS) is 13.3. The van der Waals surface area contributed by atoms with Crippen molar-refractivity contribution in [3.63, 3.8) is 0 Å². The molecule has 1 atom stereocenters. The molecular formula is C14H25N3O2. The number of aliphatic hydroxyl groups excluding tert-OH is 1. The third kappa shape index (κ3) is 3.99. The average molecular weight is 267 g/mol. The van der Waals surface area contributed by atoms with Crippen LogP contribution in [0.1, 0.15) is 44.6 Å². The monoisotopic (exact) mass is 267 g/mol. The van der Waals surface area contributed by atoms with Gasteiger partial charge in [0.15, 0.2) is 0 Å². The van der Waals surface area contributed by atoms with Crippen LogP contribution in [0.4, 0.5) is 5.69 Å². The van der Waals surface area contributed by atoms with Crippen LogP contribution in [0.3, 0.4) is 0 Å². The number of hydrogen-bond donors (Lipinski definition) is 3. The molecule has 0 radical (unpaired) electrons. The number of amides is 1. The number of nitrogens with zero attached hydrogens (tertiary/aromatic N) is 1. The molecule has 108 valence electrons. The van der Waals surface area contributed by atoms with E-state index in [-0.39, 0.29) is 24.0 Å².